The fourth-order valence-corrected chi connectivity index (χ4v) is 3.57. The van der Waals surface area contributed by atoms with Crippen LogP contribution in [-0.2, 0) is 13.0 Å². The number of benzene rings is 2. The van der Waals surface area contributed by atoms with Crippen LogP contribution in [0.2, 0.25) is 5.02 Å². The van der Waals surface area contributed by atoms with Crippen LogP contribution < -0.4 is 18.1 Å². The summed E-state index contributed by atoms with van der Waals surface area (Å²) >= 11 is 9.92. The van der Waals surface area contributed by atoms with Gasteiger partial charge in [-0.15, -0.1) is 0 Å². The first-order chi connectivity index (χ1) is 10.6. The second-order valence-electron chi connectivity index (χ2n) is 5.51. The molecule has 0 atom stereocenters. The molecule has 0 bridgehead atoms. The van der Waals surface area contributed by atoms with Crippen LogP contribution >= 0.6 is 27.5 Å². The maximum Gasteiger partial charge on any atom is 0.0781 e. The van der Waals surface area contributed by atoms with Gasteiger partial charge in [-0.2, -0.15) is 0 Å². The lowest BCUT2D eigenvalue weighted by Crippen LogP contribution is -3.00. The van der Waals surface area contributed by atoms with Gasteiger partial charge in [0, 0.05) is 39.1 Å². The summed E-state index contributed by atoms with van der Waals surface area (Å²) in [7, 11) is 0. The van der Waals surface area contributed by atoms with Crippen molar-refractivity contribution in [2.75, 3.05) is 6.54 Å². The normalized spacial score (nSPS) is 10.8. The van der Waals surface area contributed by atoms with E-state index in [9.17, 15) is 0 Å². The monoisotopic (exact) mass is 412 g/mol. The van der Waals surface area contributed by atoms with Crippen LogP contribution in [0.25, 0.3) is 10.9 Å². The van der Waals surface area contributed by atoms with Crippen LogP contribution in [-0.4, -0.2) is 11.1 Å². The molecule has 0 amide bonds. The van der Waals surface area contributed by atoms with Gasteiger partial charge in [-0.1, -0.05) is 45.7 Å². The predicted octanol–water partition coefficient (Wildman–Crippen LogP) is 1.20. The molecular formula is C18H19BrCl2N2. The Morgan fingerprint density at radius 1 is 1.17 bits per heavy atom. The number of hydrogen-bond acceptors (Lipinski definition) is 0. The van der Waals surface area contributed by atoms with E-state index in [1.165, 1.54) is 22.2 Å². The van der Waals surface area contributed by atoms with Crippen molar-refractivity contribution < 1.29 is 18.1 Å². The number of halogens is 3. The van der Waals surface area contributed by atoms with Gasteiger partial charge in [0.15, 0.2) is 0 Å². The fourth-order valence-electron chi connectivity index (χ4n) is 3.02. The van der Waals surface area contributed by atoms with Gasteiger partial charge >= 0.3 is 0 Å². The van der Waals surface area contributed by atoms with E-state index in [-0.39, 0.29) is 12.4 Å². The molecule has 3 aromatic rings. The minimum Gasteiger partial charge on any atom is -1.00 e. The summed E-state index contributed by atoms with van der Waals surface area (Å²) in [5.41, 5.74) is 9.11. The average molecular weight is 414 g/mol. The molecule has 1 heterocycles. The molecule has 23 heavy (non-hydrogen) atoms. The highest BCUT2D eigenvalue weighted by Gasteiger charge is 2.15. The number of nitrogens with zero attached hydrogens (tertiary/aromatic N) is 1. The zero-order valence-corrected chi connectivity index (χ0v) is 16.0. The van der Waals surface area contributed by atoms with Crippen LogP contribution in [0.1, 0.15) is 16.8 Å². The van der Waals surface area contributed by atoms with E-state index in [1.807, 2.05) is 18.2 Å². The predicted molar refractivity (Wildman–Crippen MR) is 96.4 cm³/mol. The van der Waals surface area contributed by atoms with E-state index in [2.05, 4.69) is 57.4 Å². The Morgan fingerprint density at radius 3 is 2.61 bits per heavy atom. The van der Waals surface area contributed by atoms with Crippen molar-refractivity contribution in [1.82, 2.24) is 4.57 Å². The molecule has 0 aliphatic rings. The smallest absolute Gasteiger partial charge is 0.0781 e. The second kappa shape index (κ2) is 7.71. The van der Waals surface area contributed by atoms with Crippen molar-refractivity contribution in [3.8, 4) is 0 Å². The van der Waals surface area contributed by atoms with Gasteiger partial charge in [-0.3, -0.25) is 0 Å². The lowest BCUT2D eigenvalue weighted by molar-refractivity contribution is -0.366. The Hall–Kier alpha value is -1.000. The third-order valence-corrected chi connectivity index (χ3v) is 4.99. The van der Waals surface area contributed by atoms with Crippen LogP contribution in [0.5, 0.6) is 0 Å². The molecule has 0 fully saturated rings. The summed E-state index contributed by atoms with van der Waals surface area (Å²) in [6, 6.07) is 14.5. The van der Waals surface area contributed by atoms with Gasteiger partial charge in [-0.25, -0.2) is 0 Å². The Bertz CT molecular complexity index is 827. The van der Waals surface area contributed by atoms with E-state index >= 15 is 0 Å². The average Bonchev–Trinajstić information content (AvgIpc) is 2.75. The summed E-state index contributed by atoms with van der Waals surface area (Å²) in [5.74, 6) is 0. The van der Waals surface area contributed by atoms with Gasteiger partial charge < -0.3 is 22.7 Å². The molecule has 5 heteroatoms. The summed E-state index contributed by atoms with van der Waals surface area (Å²) in [6.07, 6.45) is 0.994. The first-order valence-corrected chi connectivity index (χ1v) is 8.58. The lowest BCUT2D eigenvalue weighted by atomic mass is 10.1. The van der Waals surface area contributed by atoms with Crippen molar-refractivity contribution in [2.45, 2.75) is 19.9 Å². The van der Waals surface area contributed by atoms with Gasteiger partial charge in [0.2, 0.25) is 0 Å². The fraction of sp³-hybridized carbons (Fsp3) is 0.222. The summed E-state index contributed by atoms with van der Waals surface area (Å²) in [4.78, 5) is 0. The minimum absolute atomic E-state index is 0. The Balaban J connectivity index is 0.00000192. The molecule has 2 nitrogen and oxygen atoms in total. The zero-order valence-electron chi connectivity index (χ0n) is 13.0. The molecule has 1 aromatic heterocycles. The first kappa shape index (κ1) is 18.3. The Kier molecular flexibility index (Phi) is 6.15. The van der Waals surface area contributed by atoms with Crippen molar-refractivity contribution in [3.05, 3.63) is 68.8 Å². The molecule has 3 N–H and O–H groups in total. The first-order valence-electron chi connectivity index (χ1n) is 7.41. The molecule has 122 valence electrons. The zero-order chi connectivity index (χ0) is 15.7. The van der Waals surface area contributed by atoms with Crippen LogP contribution in [0.3, 0.4) is 0 Å². The molecule has 0 saturated heterocycles. The lowest BCUT2D eigenvalue weighted by Gasteiger charge is -2.10. The third-order valence-electron chi connectivity index (χ3n) is 4.13. The van der Waals surface area contributed by atoms with Crippen molar-refractivity contribution in [3.63, 3.8) is 0 Å². The molecule has 0 aliphatic heterocycles. The SMILES string of the molecule is Cc1c(CC[NH3+])c2cc(Br)ccc2n1Cc1ccccc1Cl.[Cl-]. The van der Waals surface area contributed by atoms with E-state index in [4.69, 9.17) is 11.6 Å². The minimum atomic E-state index is 0. The molecule has 0 radical (unpaired) electrons. The van der Waals surface area contributed by atoms with Gasteiger partial charge in [0.25, 0.3) is 0 Å². The van der Waals surface area contributed by atoms with Crippen molar-refractivity contribution in [2.24, 2.45) is 0 Å². The standard InChI is InChI=1S/C18H18BrClN2.ClH/c1-12-15(8-9-21)16-10-14(19)6-7-18(16)22(12)11-13-4-2-3-5-17(13)20;/h2-7,10H,8-9,11,21H2,1H3;1H. The molecular weight excluding hydrogens is 395 g/mol. The number of rotatable bonds is 4. The molecule has 0 spiro atoms. The molecule has 0 unspecified atom stereocenters. The van der Waals surface area contributed by atoms with Crippen LogP contribution in [0, 0.1) is 6.92 Å². The van der Waals surface area contributed by atoms with E-state index in [1.54, 1.807) is 0 Å². The van der Waals surface area contributed by atoms with Gasteiger partial charge in [0.05, 0.1) is 6.54 Å². The molecule has 0 aliphatic carbocycles. The maximum absolute atomic E-state index is 6.34. The van der Waals surface area contributed by atoms with Crippen LogP contribution in [0.15, 0.2) is 46.9 Å². The highest BCUT2D eigenvalue weighted by Crippen LogP contribution is 2.30. The Labute approximate surface area is 156 Å². The van der Waals surface area contributed by atoms with E-state index < -0.39 is 0 Å². The summed E-state index contributed by atoms with van der Waals surface area (Å²) in [5, 5.41) is 2.13. The quantitative estimate of drug-likeness (QED) is 0.666. The van der Waals surface area contributed by atoms with Crippen molar-refractivity contribution >= 4 is 38.4 Å². The van der Waals surface area contributed by atoms with E-state index in [0.29, 0.717) is 0 Å². The molecule has 0 saturated carbocycles. The summed E-state index contributed by atoms with van der Waals surface area (Å²) in [6.45, 7) is 3.88. The maximum atomic E-state index is 6.34. The number of aromatic nitrogens is 1. The Morgan fingerprint density at radius 2 is 1.91 bits per heavy atom. The second-order valence-corrected chi connectivity index (χ2v) is 6.83. The number of fused-ring (bicyclic) bond motifs is 1. The van der Waals surface area contributed by atoms with E-state index in [0.717, 1.165) is 34.6 Å². The number of hydrogen-bond donors (Lipinski definition) is 1. The molecule has 3 rings (SSSR count). The largest absolute Gasteiger partial charge is 1.00 e. The topological polar surface area (TPSA) is 32.6 Å². The van der Waals surface area contributed by atoms with Gasteiger partial charge in [0.1, 0.15) is 0 Å². The highest BCUT2D eigenvalue weighted by molar-refractivity contribution is 9.10. The molecule has 2 aromatic carbocycles. The highest BCUT2D eigenvalue weighted by atomic mass is 79.9. The summed E-state index contributed by atoms with van der Waals surface area (Å²) < 4.78 is 3.47. The van der Waals surface area contributed by atoms with Crippen LogP contribution in [0.4, 0.5) is 0 Å². The van der Waals surface area contributed by atoms with Crippen molar-refractivity contribution in [1.29, 1.82) is 0 Å². The third kappa shape index (κ3) is 3.58. The number of quaternary nitrogens is 1. The van der Waals surface area contributed by atoms with Gasteiger partial charge in [-0.05, 0) is 42.3 Å².